The van der Waals surface area contributed by atoms with Crippen LogP contribution in [0.4, 0.5) is 13.2 Å². The maximum atomic E-state index is 13.2. The van der Waals surface area contributed by atoms with Crippen molar-refractivity contribution in [3.8, 4) is 0 Å². The summed E-state index contributed by atoms with van der Waals surface area (Å²) in [5.41, 5.74) is -2.59. The van der Waals surface area contributed by atoms with Gasteiger partial charge in [-0.15, -0.1) is 0 Å². The van der Waals surface area contributed by atoms with Crippen molar-refractivity contribution in [2.75, 3.05) is 19.6 Å². The lowest BCUT2D eigenvalue weighted by molar-refractivity contribution is -0.222. The maximum absolute atomic E-state index is 13.2. The third-order valence-electron chi connectivity index (χ3n) is 3.93. The highest BCUT2D eigenvalue weighted by atomic mass is 19.4. The molecule has 20 heavy (non-hydrogen) atoms. The van der Waals surface area contributed by atoms with E-state index in [9.17, 15) is 27.9 Å². The fourth-order valence-electron chi connectivity index (χ4n) is 2.78. The van der Waals surface area contributed by atoms with Gasteiger partial charge in [-0.05, 0) is 13.0 Å². The normalized spacial score (nSPS) is 34.5. The average Bonchev–Trinajstić information content (AvgIpc) is 2.93. The molecular formula is C11H15F3N2O4. The Morgan fingerprint density at radius 3 is 2.45 bits per heavy atom. The molecule has 0 radical (unpaired) electrons. The van der Waals surface area contributed by atoms with Crippen LogP contribution in [0.25, 0.3) is 0 Å². The standard InChI is InChI=1S/C11H15F3N2O4/c12-11(13,14)10(1-2-15-5-10)9(20)16-4-6(17)3-7(16)8(18)19/h6-7,15,17H,1-5H2,(H,18,19). The molecule has 0 aromatic rings. The Balaban J connectivity index is 2.31. The van der Waals surface area contributed by atoms with E-state index in [2.05, 4.69) is 5.32 Å². The molecule has 9 heteroatoms. The number of halogens is 3. The van der Waals surface area contributed by atoms with Crippen LogP contribution in [0.3, 0.4) is 0 Å². The van der Waals surface area contributed by atoms with Gasteiger partial charge in [-0.3, -0.25) is 4.79 Å². The number of carbonyl (C=O) groups is 2. The Morgan fingerprint density at radius 2 is 2.00 bits per heavy atom. The summed E-state index contributed by atoms with van der Waals surface area (Å²) in [6.45, 7) is -0.902. The van der Waals surface area contributed by atoms with Crippen molar-refractivity contribution >= 4 is 11.9 Å². The smallest absolute Gasteiger partial charge is 0.404 e. The topological polar surface area (TPSA) is 89.9 Å². The van der Waals surface area contributed by atoms with Crippen molar-refractivity contribution in [2.24, 2.45) is 5.41 Å². The number of carbonyl (C=O) groups excluding carboxylic acids is 1. The Morgan fingerprint density at radius 1 is 1.35 bits per heavy atom. The Kier molecular flexibility index (Phi) is 3.67. The zero-order chi connectivity index (χ0) is 15.1. The molecule has 1 amide bonds. The molecule has 0 spiro atoms. The molecule has 0 bridgehead atoms. The van der Waals surface area contributed by atoms with E-state index in [1.807, 2.05) is 0 Å². The summed E-state index contributed by atoms with van der Waals surface area (Å²) in [7, 11) is 0. The highest BCUT2D eigenvalue weighted by molar-refractivity contribution is 5.89. The number of aliphatic hydroxyl groups is 1. The lowest BCUT2D eigenvalue weighted by atomic mass is 9.84. The molecule has 2 aliphatic heterocycles. The molecule has 3 N–H and O–H groups in total. The van der Waals surface area contributed by atoms with Gasteiger partial charge in [0.1, 0.15) is 6.04 Å². The van der Waals surface area contributed by atoms with E-state index in [0.717, 1.165) is 0 Å². The van der Waals surface area contributed by atoms with Crippen LogP contribution in [-0.2, 0) is 9.59 Å². The molecule has 2 aliphatic rings. The number of β-amino-alcohol motifs (C(OH)–C–C–N with tert-alkyl or cyclic N) is 1. The number of aliphatic hydroxyl groups excluding tert-OH is 1. The number of nitrogens with zero attached hydrogens (tertiary/aromatic N) is 1. The minimum Gasteiger partial charge on any atom is -0.480 e. The molecule has 6 nitrogen and oxygen atoms in total. The Hall–Kier alpha value is -1.35. The second kappa shape index (κ2) is 4.88. The molecule has 2 rings (SSSR count). The molecule has 2 fully saturated rings. The van der Waals surface area contributed by atoms with E-state index in [0.29, 0.717) is 4.90 Å². The number of hydrogen-bond donors (Lipinski definition) is 3. The number of likely N-dealkylation sites (tertiary alicyclic amines) is 1. The van der Waals surface area contributed by atoms with Crippen LogP contribution >= 0.6 is 0 Å². The lowest BCUT2D eigenvalue weighted by Gasteiger charge is -2.34. The molecule has 2 saturated heterocycles. The van der Waals surface area contributed by atoms with E-state index in [4.69, 9.17) is 5.11 Å². The van der Waals surface area contributed by atoms with Gasteiger partial charge in [0.2, 0.25) is 5.91 Å². The van der Waals surface area contributed by atoms with Crippen LogP contribution in [0.5, 0.6) is 0 Å². The summed E-state index contributed by atoms with van der Waals surface area (Å²) in [5, 5.41) is 20.9. The molecule has 0 aromatic carbocycles. The first-order valence-corrected chi connectivity index (χ1v) is 6.18. The summed E-state index contributed by atoms with van der Waals surface area (Å²) in [5.74, 6) is -2.67. The number of carboxylic acid groups (broad SMARTS) is 1. The van der Waals surface area contributed by atoms with Crippen molar-refractivity contribution in [1.29, 1.82) is 0 Å². The highest BCUT2D eigenvalue weighted by Crippen LogP contribution is 2.45. The molecule has 0 saturated carbocycles. The van der Waals surface area contributed by atoms with Crippen LogP contribution < -0.4 is 5.32 Å². The van der Waals surface area contributed by atoms with Crippen LogP contribution in [0.15, 0.2) is 0 Å². The van der Waals surface area contributed by atoms with Gasteiger partial charge >= 0.3 is 12.1 Å². The first-order chi connectivity index (χ1) is 9.19. The lowest BCUT2D eigenvalue weighted by Crippen LogP contribution is -2.56. The number of hydrogen-bond acceptors (Lipinski definition) is 4. The third-order valence-corrected chi connectivity index (χ3v) is 3.93. The van der Waals surface area contributed by atoms with Crippen molar-refractivity contribution < 1.29 is 33.0 Å². The largest absolute Gasteiger partial charge is 0.480 e. The molecule has 3 unspecified atom stereocenters. The van der Waals surface area contributed by atoms with Crippen molar-refractivity contribution in [3.05, 3.63) is 0 Å². The van der Waals surface area contributed by atoms with Crippen molar-refractivity contribution in [3.63, 3.8) is 0 Å². The minimum atomic E-state index is -4.76. The van der Waals surface area contributed by atoms with Gasteiger partial charge in [-0.1, -0.05) is 0 Å². The van der Waals surface area contributed by atoms with Gasteiger partial charge in [-0.25, -0.2) is 4.79 Å². The number of amides is 1. The zero-order valence-electron chi connectivity index (χ0n) is 10.5. The zero-order valence-corrected chi connectivity index (χ0v) is 10.5. The first-order valence-electron chi connectivity index (χ1n) is 6.18. The van der Waals surface area contributed by atoms with E-state index < -0.39 is 48.6 Å². The summed E-state index contributed by atoms with van der Waals surface area (Å²) in [4.78, 5) is 23.9. The van der Waals surface area contributed by atoms with Gasteiger partial charge in [-0.2, -0.15) is 13.2 Å². The highest BCUT2D eigenvalue weighted by Gasteiger charge is 2.63. The maximum Gasteiger partial charge on any atom is 0.404 e. The van der Waals surface area contributed by atoms with Crippen molar-refractivity contribution in [2.45, 2.75) is 31.2 Å². The van der Waals surface area contributed by atoms with E-state index in [-0.39, 0.29) is 19.5 Å². The second-order valence-corrected chi connectivity index (χ2v) is 5.21. The first kappa shape index (κ1) is 15.0. The Bertz CT molecular complexity index is 420. The van der Waals surface area contributed by atoms with Crippen molar-refractivity contribution in [1.82, 2.24) is 10.2 Å². The summed E-state index contributed by atoms with van der Waals surface area (Å²) in [6, 6.07) is -1.41. The number of aliphatic carboxylic acids is 1. The number of alkyl halides is 3. The van der Waals surface area contributed by atoms with Gasteiger partial charge in [0.05, 0.1) is 6.10 Å². The predicted octanol–water partition coefficient (Wildman–Crippen LogP) is -0.425. The van der Waals surface area contributed by atoms with Crippen LogP contribution in [0.1, 0.15) is 12.8 Å². The number of nitrogens with one attached hydrogen (secondary N) is 1. The summed E-state index contributed by atoms with van der Waals surface area (Å²) in [6.07, 6.45) is -6.54. The summed E-state index contributed by atoms with van der Waals surface area (Å²) >= 11 is 0. The van der Waals surface area contributed by atoms with Crippen LogP contribution in [0.2, 0.25) is 0 Å². The average molecular weight is 296 g/mol. The molecule has 3 atom stereocenters. The van der Waals surface area contributed by atoms with Gasteiger partial charge in [0.15, 0.2) is 5.41 Å². The van der Waals surface area contributed by atoms with E-state index in [1.165, 1.54) is 0 Å². The van der Waals surface area contributed by atoms with Gasteiger partial charge in [0.25, 0.3) is 0 Å². The second-order valence-electron chi connectivity index (χ2n) is 5.21. The predicted molar refractivity (Wildman–Crippen MR) is 59.7 cm³/mol. The monoisotopic (exact) mass is 296 g/mol. The molecule has 0 aromatic heterocycles. The van der Waals surface area contributed by atoms with E-state index in [1.54, 1.807) is 0 Å². The Labute approximate surface area is 112 Å². The number of rotatable bonds is 2. The van der Waals surface area contributed by atoms with Gasteiger partial charge < -0.3 is 20.4 Å². The van der Waals surface area contributed by atoms with Crippen LogP contribution in [0, 0.1) is 5.41 Å². The quantitative estimate of drug-likeness (QED) is 0.643. The summed E-state index contributed by atoms with van der Waals surface area (Å²) < 4.78 is 39.7. The number of carboxylic acids is 1. The molecule has 114 valence electrons. The van der Waals surface area contributed by atoms with Crippen LogP contribution in [-0.4, -0.2) is 64.9 Å². The minimum absolute atomic E-state index is 0.0411. The molecule has 0 aliphatic carbocycles. The fourth-order valence-corrected chi connectivity index (χ4v) is 2.78. The fraction of sp³-hybridized carbons (Fsp3) is 0.818. The third kappa shape index (κ3) is 2.24. The SMILES string of the molecule is O=C(O)C1CC(O)CN1C(=O)C1(C(F)(F)F)CCNC1. The molecular weight excluding hydrogens is 281 g/mol. The van der Waals surface area contributed by atoms with Gasteiger partial charge in [0, 0.05) is 19.5 Å². The van der Waals surface area contributed by atoms with E-state index >= 15 is 0 Å². The molecule has 2 heterocycles.